The van der Waals surface area contributed by atoms with Crippen LogP contribution in [-0.4, -0.2) is 50.2 Å². The molecule has 0 atom stereocenters. The topological polar surface area (TPSA) is 218 Å². The minimum Gasteiger partial charge on any atom is -0.455 e. The van der Waals surface area contributed by atoms with Crippen molar-refractivity contribution in [1.82, 2.24) is 10.9 Å². The van der Waals surface area contributed by atoms with E-state index in [1.807, 2.05) is 10.9 Å². The molecule has 0 unspecified atom stereocenters. The number of nitrogens with one attached hydrogen (secondary N) is 2. The molecule has 14 nitrogen and oxygen atoms in total. The third-order valence-corrected chi connectivity index (χ3v) is 6.78. The Morgan fingerprint density at radius 1 is 0.600 bits per heavy atom. The van der Waals surface area contributed by atoms with Crippen LogP contribution >= 0.6 is 0 Å². The second-order valence-electron chi connectivity index (χ2n) is 7.80. The molecule has 0 aliphatic rings. The predicted octanol–water partition coefficient (Wildman–Crippen LogP) is 2.30. The van der Waals surface area contributed by atoms with E-state index >= 15 is 0 Å². The minimum absolute atomic E-state index is 0.217. The van der Waals surface area contributed by atoms with Crippen LogP contribution in [0.3, 0.4) is 0 Å². The van der Waals surface area contributed by atoms with Gasteiger partial charge in [-0.1, -0.05) is 0 Å². The zero-order valence-corrected chi connectivity index (χ0v) is 21.6. The van der Waals surface area contributed by atoms with Crippen molar-refractivity contribution in [3.8, 4) is 22.6 Å². The molecule has 0 aliphatic heterocycles. The smallest absolute Gasteiger partial charge is 0.331 e. The van der Waals surface area contributed by atoms with Crippen molar-refractivity contribution in [2.24, 2.45) is 10.2 Å². The van der Waals surface area contributed by atoms with Crippen molar-refractivity contribution < 1.29 is 44.4 Å². The lowest BCUT2D eigenvalue weighted by Gasteiger charge is -1.99. The van der Waals surface area contributed by atoms with Gasteiger partial charge in [0.05, 0.1) is 22.2 Å². The maximum absolute atomic E-state index is 11.9. The third-order valence-electron chi connectivity index (χ3n) is 5.05. The average molecular weight is 587 g/mol. The van der Waals surface area contributed by atoms with E-state index in [2.05, 4.69) is 10.2 Å². The van der Waals surface area contributed by atoms with Gasteiger partial charge in [0, 0.05) is 11.1 Å². The SMILES string of the molecule is O=C(NN=Cc1ccc(-c2ccc(S(=O)(=O)O)cc2)o1)C(=O)N/N=C/c1ccc(-c2ccc(S(=O)(=O)O)cc2)o1. The summed E-state index contributed by atoms with van der Waals surface area (Å²) in [7, 11) is -8.64. The molecular formula is C24H18N4O10S2. The Hall–Kier alpha value is -4.90. The number of amides is 2. The molecule has 0 saturated heterocycles. The number of rotatable bonds is 8. The fraction of sp³-hybridized carbons (Fsp3) is 0. The van der Waals surface area contributed by atoms with E-state index < -0.39 is 32.1 Å². The summed E-state index contributed by atoms with van der Waals surface area (Å²) in [6.07, 6.45) is 2.27. The molecule has 0 radical (unpaired) electrons. The van der Waals surface area contributed by atoms with Crippen molar-refractivity contribution in [3.63, 3.8) is 0 Å². The Morgan fingerprint density at radius 3 is 1.27 bits per heavy atom. The Balaban J connectivity index is 1.27. The number of furan rings is 2. The zero-order valence-electron chi connectivity index (χ0n) is 20.0. The van der Waals surface area contributed by atoms with Gasteiger partial charge in [-0.15, -0.1) is 0 Å². The number of carbonyl (C=O) groups excluding carboxylic acids is 2. The molecule has 2 aromatic carbocycles. The van der Waals surface area contributed by atoms with E-state index in [0.717, 1.165) is 12.4 Å². The van der Waals surface area contributed by atoms with E-state index in [-0.39, 0.29) is 21.3 Å². The quantitative estimate of drug-likeness (QED) is 0.102. The molecule has 4 aromatic rings. The van der Waals surface area contributed by atoms with Gasteiger partial charge in [-0.05, 0) is 72.8 Å². The molecule has 0 aliphatic carbocycles. The van der Waals surface area contributed by atoms with Gasteiger partial charge in [0.25, 0.3) is 20.2 Å². The molecule has 0 spiro atoms. The van der Waals surface area contributed by atoms with Gasteiger partial charge in [0.15, 0.2) is 0 Å². The summed E-state index contributed by atoms with van der Waals surface area (Å²) in [6.45, 7) is 0. The van der Waals surface area contributed by atoms with Gasteiger partial charge in [0.2, 0.25) is 0 Å². The molecule has 4 N–H and O–H groups in total. The average Bonchev–Trinajstić information content (AvgIpc) is 3.58. The first kappa shape index (κ1) is 28.1. The van der Waals surface area contributed by atoms with E-state index in [0.29, 0.717) is 22.6 Å². The second kappa shape index (κ2) is 11.5. The summed E-state index contributed by atoms with van der Waals surface area (Å²) >= 11 is 0. The van der Waals surface area contributed by atoms with Crippen LogP contribution in [0.1, 0.15) is 11.5 Å². The predicted molar refractivity (Wildman–Crippen MR) is 139 cm³/mol. The van der Waals surface area contributed by atoms with Crippen LogP contribution in [0.4, 0.5) is 0 Å². The maximum atomic E-state index is 11.9. The van der Waals surface area contributed by atoms with Gasteiger partial charge in [-0.25, -0.2) is 10.9 Å². The van der Waals surface area contributed by atoms with Crippen LogP contribution in [0, 0.1) is 0 Å². The highest BCUT2D eigenvalue weighted by molar-refractivity contribution is 7.86. The highest BCUT2D eigenvalue weighted by Crippen LogP contribution is 2.24. The normalized spacial score (nSPS) is 12.2. The zero-order chi connectivity index (χ0) is 28.9. The summed E-state index contributed by atoms with van der Waals surface area (Å²) in [5.41, 5.74) is 5.04. The Morgan fingerprint density at radius 2 is 0.950 bits per heavy atom. The molecule has 0 saturated carbocycles. The van der Waals surface area contributed by atoms with Crippen LogP contribution in [0.25, 0.3) is 22.6 Å². The summed E-state index contributed by atoms with van der Waals surface area (Å²) < 4.78 is 73.6. The molecule has 40 heavy (non-hydrogen) atoms. The first-order valence-electron chi connectivity index (χ1n) is 10.9. The highest BCUT2D eigenvalue weighted by atomic mass is 32.2. The van der Waals surface area contributed by atoms with Gasteiger partial charge in [-0.2, -0.15) is 27.0 Å². The largest absolute Gasteiger partial charge is 0.455 e. The van der Waals surface area contributed by atoms with Crippen molar-refractivity contribution in [2.75, 3.05) is 0 Å². The third kappa shape index (κ3) is 7.14. The van der Waals surface area contributed by atoms with E-state index in [9.17, 15) is 26.4 Å². The van der Waals surface area contributed by atoms with Crippen LogP contribution in [0.5, 0.6) is 0 Å². The minimum atomic E-state index is -4.32. The monoisotopic (exact) mass is 586 g/mol. The van der Waals surface area contributed by atoms with Crippen LogP contribution in [0.15, 0.2) is 102 Å². The Kier molecular flexibility index (Phi) is 8.05. The molecule has 2 aromatic heterocycles. The fourth-order valence-corrected chi connectivity index (χ4v) is 4.11. The van der Waals surface area contributed by atoms with Gasteiger partial charge >= 0.3 is 11.8 Å². The summed E-state index contributed by atoms with van der Waals surface area (Å²) in [4.78, 5) is 23.3. The fourth-order valence-electron chi connectivity index (χ4n) is 3.15. The highest BCUT2D eigenvalue weighted by Gasteiger charge is 2.13. The number of hydrogen-bond donors (Lipinski definition) is 4. The van der Waals surface area contributed by atoms with Crippen molar-refractivity contribution in [2.45, 2.75) is 9.79 Å². The first-order valence-corrected chi connectivity index (χ1v) is 13.8. The Bertz CT molecular complexity index is 1680. The van der Waals surface area contributed by atoms with Gasteiger partial charge in [-0.3, -0.25) is 18.7 Å². The number of hydrazone groups is 2. The van der Waals surface area contributed by atoms with Crippen molar-refractivity contribution >= 4 is 44.5 Å². The lowest BCUT2D eigenvalue weighted by molar-refractivity contribution is -0.139. The molecule has 0 bridgehead atoms. The van der Waals surface area contributed by atoms with E-state index in [1.54, 1.807) is 12.1 Å². The molecule has 16 heteroatoms. The molecule has 0 fully saturated rings. The number of hydrogen-bond acceptors (Lipinski definition) is 10. The molecule has 206 valence electrons. The van der Waals surface area contributed by atoms with E-state index in [1.165, 1.54) is 60.7 Å². The van der Waals surface area contributed by atoms with Crippen molar-refractivity contribution in [1.29, 1.82) is 0 Å². The first-order chi connectivity index (χ1) is 18.9. The number of benzene rings is 2. The lowest BCUT2D eigenvalue weighted by Crippen LogP contribution is -2.35. The maximum Gasteiger partial charge on any atom is 0.331 e. The second-order valence-corrected chi connectivity index (χ2v) is 10.6. The standard InChI is InChI=1S/C24H18N4O10S2/c29-23(27-25-13-17-5-11-21(37-17)15-1-7-19(8-2-15)39(31,32)33)24(30)28-26-14-18-6-12-22(38-18)16-3-9-20(10-4-16)40(34,35)36/h1-14H,(H,27,29)(H,28,30)(H,31,32,33)(H,34,35,36)/b25-13+,26-14?. The summed E-state index contributed by atoms with van der Waals surface area (Å²) in [5.74, 6) is -1.10. The Labute approximate surface area is 226 Å². The summed E-state index contributed by atoms with van der Waals surface area (Å²) in [6, 6.07) is 16.8. The van der Waals surface area contributed by atoms with E-state index in [4.69, 9.17) is 17.9 Å². The molecule has 2 heterocycles. The van der Waals surface area contributed by atoms with Crippen LogP contribution < -0.4 is 10.9 Å². The van der Waals surface area contributed by atoms with Crippen molar-refractivity contribution in [3.05, 3.63) is 84.3 Å². The number of carbonyl (C=O) groups is 2. The van der Waals surface area contributed by atoms with Gasteiger partial charge in [0.1, 0.15) is 23.0 Å². The molecule has 2 amide bonds. The molecule has 4 rings (SSSR count). The van der Waals surface area contributed by atoms with Gasteiger partial charge < -0.3 is 8.83 Å². The lowest BCUT2D eigenvalue weighted by atomic mass is 10.2. The summed E-state index contributed by atoms with van der Waals surface area (Å²) in [5, 5.41) is 7.25. The molecular weight excluding hydrogens is 568 g/mol. The van der Waals surface area contributed by atoms with Crippen LogP contribution in [-0.2, 0) is 29.8 Å². The van der Waals surface area contributed by atoms with Crippen LogP contribution in [0.2, 0.25) is 0 Å². The number of nitrogens with zero attached hydrogens (tertiary/aromatic N) is 2.